The fraction of sp³-hybridized carbons (Fsp3) is 0.529. The van der Waals surface area contributed by atoms with Crippen LogP contribution in [0.25, 0.3) is 0 Å². The highest BCUT2D eigenvalue weighted by atomic mass is 19.1. The van der Waals surface area contributed by atoms with Gasteiger partial charge in [-0.05, 0) is 24.3 Å². The lowest BCUT2D eigenvalue weighted by Gasteiger charge is -2.38. The van der Waals surface area contributed by atoms with Gasteiger partial charge in [0.1, 0.15) is 5.82 Å². The first kappa shape index (κ1) is 16.9. The summed E-state index contributed by atoms with van der Waals surface area (Å²) in [5.41, 5.74) is 0.517. The predicted octanol–water partition coefficient (Wildman–Crippen LogP) is 1.08. The van der Waals surface area contributed by atoms with Crippen LogP contribution in [0, 0.1) is 5.82 Å². The van der Waals surface area contributed by atoms with Crippen molar-refractivity contribution in [1.29, 1.82) is 0 Å². The molecule has 2 heterocycles. The number of carbonyl (C=O) groups excluding carboxylic acids is 2. The van der Waals surface area contributed by atoms with Crippen molar-refractivity contribution in [2.24, 2.45) is 0 Å². The van der Waals surface area contributed by atoms with Crippen molar-refractivity contribution in [2.45, 2.75) is 0 Å². The first-order chi connectivity index (χ1) is 11.6. The highest BCUT2D eigenvalue weighted by molar-refractivity contribution is 5.97. The largest absolute Gasteiger partial charge is 0.378 e. The standard InChI is InChI=1S/C17H22FN3O3/c18-15-3-1-14(2-4-15)16(22)13-19-5-7-20(8-6-19)17(23)21-9-11-24-12-10-21/h1-4H,5-13H2. The number of hydrogen-bond acceptors (Lipinski definition) is 4. The predicted molar refractivity (Wildman–Crippen MR) is 86.5 cm³/mol. The highest BCUT2D eigenvalue weighted by Crippen LogP contribution is 2.10. The third kappa shape index (κ3) is 4.10. The molecule has 3 rings (SSSR count). The van der Waals surface area contributed by atoms with Crippen molar-refractivity contribution >= 4 is 11.8 Å². The van der Waals surface area contributed by atoms with Crippen LogP contribution in [0.2, 0.25) is 0 Å². The van der Waals surface area contributed by atoms with E-state index in [1.807, 2.05) is 14.7 Å². The van der Waals surface area contributed by atoms with Crippen LogP contribution in [0.15, 0.2) is 24.3 Å². The minimum Gasteiger partial charge on any atom is -0.378 e. The van der Waals surface area contributed by atoms with Crippen LogP contribution in [-0.2, 0) is 4.74 Å². The molecule has 0 saturated carbocycles. The van der Waals surface area contributed by atoms with Crippen molar-refractivity contribution < 1.29 is 18.7 Å². The van der Waals surface area contributed by atoms with Crippen LogP contribution >= 0.6 is 0 Å². The van der Waals surface area contributed by atoms with E-state index in [1.165, 1.54) is 24.3 Å². The molecule has 0 aromatic heterocycles. The van der Waals surface area contributed by atoms with E-state index in [0.29, 0.717) is 64.6 Å². The van der Waals surface area contributed by atoms with E-state index in [9.17, 15) is 14.0 Å². The van der Waals surface area contributed by atoms with Crippen molar-refractivity contribution in [1.82, 2.24) is 14.7 Å². The molecule has 2 fully saturated rings. The van der Waals surface area contributed by atoms with E-state index < -0.39 is 0 Å². The number of amides is 2. The zero-order valence-corrected chi connectivity index (χ0v) is 13.6. The molecule has 2 aliphatic heterocycles. The van der Waals surface area contributed by atoms with Crippen molar-refractivity contribution in [3.05, 3.63) is 35.6 Å². The number of ether oxygens (including phenoxy) is 1. The molecule has 0 radical (unpaired) electrons. The maximum absolute atomic E-state index is 12.9. The number of morpholine rings is 1. The molecule has 0 aliphatic carbocycles. The summed E-state index contributed by atoms with van der Waals surface area (Å²) in [6.07, 6.45) is 0. The Balaban J connectivity index is 1.47. The van der Waals surface area contributed by atoms with Gasteiger partial charge in [0.05, 0.1) is 19.8 Å². The normalized spacial score (nSPS) is 19.4. The van der Waals surface area contributed by atoms with E-state index in [-0.39, 0.29) is 17.6 Å². The van der Waals surface area contributed by atoms with E-state index >= 15 is 0 Å². The molecule has 7 heteroatoms. The second-order valence-electron chi connectivity index (χ2n) is 6.08. The summed E-state index contributed by atoms with van der Waals surface area (Å²) in [4.78, 5) is 30.3. The molecule has 130 valence electrons. The summed E-state index contributed by atoms with van der Waals surface area (Å²) in [7, 11) is 0. The number of ketones is 1. The number of Topliss-reactive ketones (excluding diaryl/α,β-unsaturated/α-hetero) is 1. The Hall–Kier alpha value is -1.99. The second-order valence-corrected chi connectivity index (χ2v) is 6.08. The number of nitrogens with zero attached hydrogens (tertiary/aromatic N) is 3. The first-order valence-electron chi connectivity index (χ1n) is 8.26. The first-order valence-corrected chi connectivity index (χ1v) is 8.26. The SMILES string of the molecule is O=C(CN1CCN(C(=O)N2CCOCC2)CC1)c1ccc(F)cc1. The van der Waals surface area contributed by atoms with Crippen LogP contribution < -0.4 is 0 Å². The Kier molecular flexibility index (Phi) is 5.42. The van der Waals surface area contributed by atoms with Gasteiger partial charge in [0.25, 0.3) is 0 Å². The number of piperazine rings is 1. The van der Waals surface area contributed by atoms with Crippen molar-refractivity contribution in [3.8, 4) is 0 Å². The van der Waals surface area contributed by atoms with Crippen LogP contribution in [0.4, 0.5) is 9.18 Å². The summed E-state index contributed by atoms with van der Waals surface area (Å²) >= 11 is 0. The molecule has 1 aromatic rings. The Labute approximate surface area is 140 Å². The minimum absolute atomic E-state index is 0.0250. The Morgan fingerprint density at radius 3 is 2.12 bits per heavy atom. The van der Waals surface area contributed by atoms with E-state index in [0.717, 1.165) is 0 Å². The van der Waals surface area contributed by atoms with Crippen LogP contribution in [0.1, 0.15) is 10.4 Å². The highest BCUT2D eigenvalue weighted by Gasteiger charge is 2.27. The maximum Gasteiger partial charge on any atom is 0.320 e. The molecule has 0 unspecified atom stereocenters. The average Bonchev–Trinajstić information content (AvgIpc) is 2.63. The van der Waals surface area contributed by atoms with Gasteiger partial charge in [-0.15, -0.1) is 0 Å². The molecule has 2 amide bonds. The molecule has 0 N–H and O–H groups in total. The summed E-state index contributed by atoms with van der Waals surface area (Å²) in [5.74, 6) is -0.371. The summed E-state index contributed by atoms with van der Waals surface area (Å²) < 4.78 is 18.2. The molecule has 2 aliphatic rings. The van der Waals surface area contributed by atoms with Crippen LogP contribution in [0.5, 0.6) is 0 Å². The van der Waals surface area contributed by atoms with Gasteiger partial charge >= 0.3 is 6.03 Å². The van der Waals surface area contributed by atoms with Gasteiger partial charge in [0, 0.05) is 44.8 Å². The lowest BCUT2D eigenvalue weighted by atomic mass is 10.1. The summed E-state index contributed by atoms with van der Waals surface area (Å²) in [5, 5.41) is 0. The minimum atomic E-state index is -0.346. The number of carbonyl (C=O) groups is 2. The van der Waals surface area contributed by atoms with E-state index in [4.69, 9.17) is 4.74 Å². The van der Waals surface area contributed by atoms with Crippen LogP contribution in [-0.4, -0.2) is 85.5 Å². The molecule has 2 saturated heterocycles. The van der Waals surface area contributed by atoms with Crippen molar-refractivity contribution in [3.63, 3.8) is 0 Å². The Bertz CT molecular complexity index is 579. The zero-order chi connectivity index (χ0) is 16.9. The lowest BCUT2D eigenvalue weighted by molar-refractivity contribution is 0.0376. The zero-order valence-electron chi connectivity index (χ0n) is 13.6. The smallest absolute Gasteiger partial charge is 0.320 e. The van der Waals surface area contributed by atoms with Gasteiger partial charge in [0.15, 0.2) is 5.78 Å². The van der Waals surface area contributed by atoms with E-state index in [1.54, 1.807) is 0 Å². The Morgan fingerprint density at radius 2 is 1.50 bits per heavy atom. The fourth-order valence-electron chi connectivity index (χ4n) is 2.98. The quantitative estimate of drug-likeness (QED) is 0.776. The number of benzene rings is 1. The molecule has 0 bridgehead atoms. The number of rotatable bonds is 3. The maximum atomic E-state index is 12.9. The number of urea groups is 1. The van der Waals surface area contributed by atoms with Gasteiger partial charge in [-0.2, -0.15) is 0 Å². The number of halogens is 1. The fourth-order valence-corrected chi connectivity index (χ4v) is 2.98. The molecule has 0 spiro atoms. The van der Waals surface area contributed by atoms with Crippen molar-refractivity contribution in [2.75, 3.05) is 59.0 Å². The van der Waals surface area contributed by atoms with Gasteiger partial charge < -0.3 is 14.5 Å². The average molecular weight is 335 g/mol. The van der Waals surface area contributed by atoms with Gasteiger partial charge in [-0.3, -0.25) is 9.69 Å². The summed E-state index contributed by atoms with van der Waals surface area (Å²) in [6, 6.07) is 5.67. The van der Waals surface area contributed by atoms with Crippen LogP contribution in [0.3, 0.4) is 0 Å². The Morgan fingerprint density at radius 1 is 0.917 bits per heavy atom. The van der Waals surface area contributed by atoms with E-state index in [2.05, 4.69) is 0 Å². The summed E-state index contributed by atoms with van der Waals surface area (Å²) in [6.45, 7) is 5.34. The van der Waals surface area contributed by atoms with Gasteiger partial charge in [0.2, 0.25) is 0 Å². The lowest BCUT2D eigenvalue weighted by Crippen LogP contribution is -2.55. The third-order valence-corrected chi connectivity index (χ3v) is 4.46. The molecule has 1 aromatic carbocycles. The third-order valence-electron chi connectivity index (χ3n) is 4.46. The monoisotopic (exact) mass is 335 g/mol. The molecule has 24 heavy (non-hydrogen) atoms. The van der Waals surface area contributed by atoms with Gasteiger partial charge in [-0.25, -0.2) is 9.18 Å². The number of hydrogen-bond donors (Lipinski definition) is 0. The molecular formula is C17H22FN3O3. The topological polar surface area (TPSA) is 53.1 Å². The molecule has 0 atom stereocenters. The molecular weight excluding hydrogens is 313 g/mol. The molecule has 6 nitrogen and oxygen atoms in total. The van der Waals surface area contributed by atoms with Gasteiger partial charge in [-0.1, -0.05) is 0 Å². The second kappa shape index (κ2) is 7.72.